The summed E-state index contributed by atoms with van der Waals surface area (Å²) in [5.74, 6) is -1.50. The van der Waals surface area contributed by atoms with Gasteiger partial charge in [0.15, 0.2) is 51.6 Å². The number of anilines is 2. The standard InChI is InChI=1S/C43H62ClN10O11PSSi2/c1-23(2)36(55)51-41-50-35-30(37(56)52-41)47-22-54(35)38-32(65-69(11,12)43(6,7)8)31(63-39(57)24-16-14-13-15-17-24)27(62-38)19-59-66(58,67)64-25-18-28(61-26(25)20-60-68(9,10)42(3,4)5)53-21-46-29-33(45)48-40(44)49-34(29)53/h13-17,21-23,25-28,31-32,38H,18-20H2,1-12H3,(H,58,67)(H2,45,48,49)(H2,50,51,52,55,56)/t25?,26-,27-,28-,31?,32?,38-,66?/m1/s1. The number of nitrogens with two attached hydrogens (primary N) is 1. The summed E-state index contributed by atoms with van der Waals surface area (Å²) in [4.78, 5) is 64.3. The van der Waals surface area contributed by atoms with E-state index in [9.17, 15) is 18.9 Å². The van der Waals surface area contributed by atoms with Gasteiger partial charge in [-0.25, -0.2) is 19.3 Å². The number of H-pyrrole nitrogens is 1. The fourth-order valence-electron chi connectivity index (χ4n) is 7.18. The van der Waals surface area contributed by atoms with Crippen molar-refractivity contribution in [2.75, 3.05) is 24.3 Å². The van der Waals surface area contributed by atoms with Crippen LogP contribution in [-0.2, 0) is 41.5 Å². The maximum Gasteiger partial charge on any atom is 0.386 e. The number of aromatic amines is 1. The average molecular weight is 1050 g/mol. The molecule has 1 aromatic carbocycles. The Balaban J connectivity index is 1.22. The fourth-order valence-corrected chi connectivity index (χ4v) is 11.2. The first kappa shape index (κ1) is 52.7. The summed E-state index contributed by atoms with van der Waals surface area (Å²) in [6.45, 7) is 19.4. The van der Waals surface area contributed by atoms with E-state index in [1.54, 1.807) is 48.7 Å². The average Bonchev–Trinajstić information content (AvgIpc) is 4.03. The largest absolute Gasteiger partial charge is 0.453 e. The van der Waals surface area contributed by atoms with E-state index in [-0.39, 0.29) is 62.8 Å². The van der Waals surface area contributed by atoms with Gasteiger partial charge in [-0.3, -0.25) is 38.1 Å². The molecule has 4 aromatic heterocycles. The molecule has 4 unspecified atom stereocenters. The summed E-state index contributed by atoms with van der Waals surface area (Å²) in [6, 6.07) is 8.40. The molecule has 0 bridgehead atoms. The molecule has 0 saturated carbocycles. The molecule has 2 fully saturated rings. The SMILES string of the molecule is CC(C)C(=O)Nc1nc2c(ncn2[C@@H]2O[C@H](COP(=O)(S)OC3C[C@H](n4cnc5c(N)nc(Cl)nc54)O[C@@H]3CO[Si](C)(C)C(C)(C)C)C(OC(=O)c3ccccc3)C2O[Si](C)(C)C(C)(C)C)c(=O)[nH]1. The molecule has 0 aliphatic carbocycles. The summed E-state index contributed by atoms with van der Waals surface area (Å²) in [5.41, 5.74) is 6.40. The van der Waals surface area contributed by atoms with Gasteiger partial charge in [0, 0.05) is 12.3 Å². The molecule has 7 rings (SSSR count). The lowest BCUT2D eigenvalue weighted by molar-refractivity contribution is -0.118. The highest BCUT2D eigenvalue weighted by Crippen LogP contribution is 2.57. The van der Waals surface area contributed by atoms with Crippen LogP contribution in [0.4, 0.5) is 11.8 Å². The van der Waals surface area contributed by atoms with Crippen LogP contribution in [0.15, 0.2) is 47.8 Å². The van der Waals surface area contributed by atoms with Gasteiger partial charge in [-0.1, -0.05) is 85.8 Å². The molecular formula is C43H62ClN10O11PSSi2. The molecule has 69 heavy (non-hydrogen) atoms. The zero-order valence-electron chi connectivity index (χ0n) is 40.8. The van der Waals surface area contributed by atoms with Crippen molar-refractivity contribution in [2.24, 2.45) is 5.92 Å². The number of benzene rings is 1. The number of hydrogen-bond acceptors (Lipinski definition) is 17. The van der Waals surface area contributed by atoms with Gasteiger partial charge in [-0.2, -0.15) is 15.0 Å². The van der Waals surface area contributed by atoms with Crippen LogP contribution in [0.2, 0.25) is 41.5 Å². The van der Waals surface area contributed by atoms with Gasteiger partial charge >= 0.3 is 12.8 Å². The van der Waals surface area contributed by atoms with Gasteiger partial charge in [0.05, 0.1) is 31.4 Å². The molecule has 6 heterocycles. The number of rotatable bonds is 16. The Labute approximate surface area is 412 Å². The smallest absolute Gasteiger partial charge is 0.386 e. The predicted molar refractivity (Wildman–Crippen MR) is 267 cm³/mol. The number of amides is 1. The molecule has 21 nitrogen and oxygen atoms in total. The van der Waals surface area contributed by atoms with Gasteiger partial charge < -0.3 is 28.8 Å². The predicted octanol–water partition coefficient (Wildman–Crippen LogP) is 8.05. The second kappa shape index (κ2) is 19.8. The number of esters is 1. The van der Waals surface area contributed by atoms with Crippen LogP contribution >= 0.6 is 30.6 Å². The van der Waals surface area contributed by atoms with Crippen LogP contribution in [0.5, 0.6) is 0 Å². The first-order chi connectivity index (χ1) is 32.1. The Hall–Kier alpha value is -4.08. The minimum atomic E-state index is -4.35. The highest BCUT2D eigenvalue weighted by atomic mass is 35.5. The van der Waals surface area contributed by atoms with Gasteiger partial charge in [0.25, 0.3) is 5.56 Å². The Kier molecular flexibility index (Phi) is 15.2. The van der Waals surface area contributed by atoms with Crippen molar-refractivity contribution in [1.29, 1.82) is 0 Å². The Morgan fingerprint density at radius 3 is 2.22 bits per heavy atom. The van der Waals surface area contributed by atoms with Crippen molar-refractivity contribution in [3.63, 3.8) is 0 Å². The number of aromatic nitrogens is 8. The van der Waals surface area contributed by atoms with Crippen molar-refractivity contribution in [1.82, 2.24) is 39.0 Å². The van der Waals surface area contributed by atoms with Crippen molar-refractivity contribution in [3.8, 4) is 0 Å². The fraction of sp³-hybridized carbons (Fsp3) is 0.581. The summed E-state index contributed by atoms with van der Waals surface area (Å²) in [7, 11) is -5.10. The molecule has 0 radical (unpaired) electrons. The number of thiol groups is 1. The first-order valence-corrected chi connectivity index (χ1v) is 31.4. The van der Waals surface area contributed by atoms with E-state index in [4.69, 9.17) is 49.4 Å². The molecular weight excluding hydrogens is 987 g/mol. The summed E-state index contributed by atoms with van der Waals surface area (Å²) in [5, 5.41) is 2.07. The molecule has 2 aliphatic rings. The number of hydrogen-bond donors (Lipinski definition) is 4. The minimum absolute atomic E-state index is 0.0494. The van der Waals surface area contributed by atoms with E-state index >= 15 is 0 Å². The number of carbonyl (C=O) groups is 2. The van der Waals surface area contributed by atoms with Gasteiger partial charge in [0.2, 0.25) is 17.1 Å². The van der Waals surface area contributed by atoms with Crippen LogP contribution in [-0.4, -0.2) is 111 Å². The normalized spacial score (nSPS) is 23.5. The van der Waals surface area contributed by atoms with Gasteiger partial charge in [-0.05, 0) is 60.0 Å². The second-order valence-electron chi connectivity index (χ2n) is 20.6. The zero-order valence-corrected chi connectivity index (χ0v) is 45.3. The van der Waals surface area contributed by atoms with E-state index in [2.05, 4.69) is 102 Å². The van der Waals surface area contributed by atoms with Crippen molar-refractivity contribution < 1.29 is 46.3 Å². The molecule has 1 amide bonds. The van der Waals surface area contributed by atoms with Crippen molar-refractivity contribution in [2.45, 2.75) is 141 Å². The molecule has 26 heteroatoms. The van der Waals surface area contributed by atoms with Crippen LogP contribution < -0.4 is 16.6 Å². The number of nitrogens with one attached hydrogen (secondary N) is 2. The third kappa shape index (κ3) is 11.5. The summed E-state index contributed by atoms with van der Waals surface area (Å²) < 4.78 is 63.4. The van der Waals surface area contributed by atoms with E-state index in [1.165, 1.54) is 17.2 Å². The number of nitrogen functional groups attached to an aromatic ring is 1. The van der Waals surface area contributed by atoms with Crippen LogP contribution in [0, 0.1) is 5.92 Å². The Morgan fingerprint density at radius 2 is 1.57 bits per heavy atom. The summed E-state index contributed by atoms with van der Waals surface area (Å²) >= 11 is 10.7. The van der Waals surface area contributed by atoms with Gasteiger partial charge in [0.1, 0.15) is 36.2 Å². The maximum absolute atomic E-state index is 14.6. The van der Waals surface area contributed by atoms with Gasteiger partial charge in [-0.15, -0.1) is 0 Å². The van der Waals surface area contributed by atoms with E-state index in [1.807, 2.05) is 13.1 Å². The first-order valence-electron chi connectivity index (χ1n) is 22.5. The minimum Gasteiger partial charge on any atom is -0.453 e. The van der Waals surface area contributed by atoms with E-state index in [0.29, 0.717) is 11.2 Å². The lowest BCUT2D eigenvalue weighted by atomic mass is 10.1. The third-order valence-corrected chi connectivity index (χ3v) is 24.0. The number of carbonyl (C=O) groups excluding carboxylic acids is 2. The Morgan fingerprint density at radius 1 is 0.928 bits per heavy atom. The molecule has 4 N–H and O–H groups in total. The lowest BCUT2D eigenvalue weighted by Gasteiger charge is -2.40. The third-order valence-electron chi connectivity index (χ3n) is 13.2. The maximum atomic E-state index is 14.6. The number of fused-ring (bicyclic) bond motifs is 2. The van der Waals surface area contributed by atoms with Crippen molar-refractivity contribution >= 4 is 93.3 Å². The van der Waals surface area contributed by atoms with Crippen LogP contribution in [0.1, 0.15) is 84.6 Å². The summed E-state index contributed by atoms with van der Waals surface area (Å²) in [6.07, 6.45) is -4.05. The molecule has 0 spiro atoms. The zero-order chi connectivity index (χ0) is 50.6. The second-order valence-corrected chi connectivity index (χ2v) is 33.4. The number of ether oxygens (including phenoxy) is 3. The molecule has 376 valence electrons. The van der Waals surface area contributed by atoms with Crippen molar-refractivity contribution in [3.05, 3.63) is 64.2 Å². The highest BCUT2D eigenvalue weighted by molar-refractivity contribution is 8.44. The van der Waals surface area contributed by atoms with Crippen LogP contribution in [0.25, 0.3) is 22.3 Å². The van der Waals surface area contributed by atoms with Crippen LogP contribution in [0.3, 0.4) is 0 Å². The number of nitrogens with zero attached hydrogens (tertiary/aromatic N) is 7. The van der Waals surface area contributed by atoms with E-state index in [0.717, 1.165) is 0 Å². The number of halogens is 1. The quantitative estimate of drug-likeness (QED) is 0.0239. The van der Waals surface area contributed by atoms with E-state index < -0.39 is 90.5 Å². The molecule has 2 saturated heterocycles. The number of imidazole rings is 2. The highest BCUT2D eigenvalue weighted by Gasteiger charge is 2.54. The molecule has 8 atom stereocenters. The monoisotopic (exact) mass is 1050 g/mol. The molecule has 2 aliphatic heterocycles. The Bertz CT molecular complexity index is 2800. The lowest BCUT2D eigenvalue weighted by Crippen LogP contribution is -2.50. The molecule has 5 aromatic rings. The topological polar surface area (TPSA) is 261 Å².